The molecule has 0 radical (unpaired) electrons. The number of morpholine rings is 1. The summed E-state index contributed by atoms with van der Waals surface area (Å²) in [6, 6.07) is 5.95. The summed E-state index contributed by atoms with van der Waals surface area (Å²) in [5.41, 5.74) is 1.10. The molecule has 1 aromatic carbocycles. The normalized spacial score (nSPS) is 17.8. The van der Waals surface area contributed by atoms with Gasteiger partial charge in [-0.3, -0.25) is 4.90 Å². The average molecular weight is 334 g/mol. The zero-order chi connectivity index (χ0) is 16.6. The largest absolute Gasteiger partial charge is 0.454 e. The van der Waals surface area contributed by atoms with E-state index in [4.69, 9.17) is 14.2 Å². The number of hydrogen-bond donors (Lipinski definition) is 2. The standard InChI is InChI=1S/C17H26N4O3/c1-2-18-17(19-5-6-21-7-9-22-10-8-21)20-12-14-3-4-15-16(11-14)24-13-23-15/h3-4,11H,2,5-10,12-13H2,1H3,(H2,18,19,20). The monoisotopic (exact) mass is 334 g/mol. The Morgan fingerprint density at radius 1 is 1.17 bits per heavy atom. The lowest BCUT2D eigenvalue weighted by Crippen LogP contribution is -2.44. The molecule has 7 heteroatoms. The molecule has 0 bridgehead atoms. The summed E-state index contributed by atoms with van der Waals surface area (Å²) < 4.78 is 16.1. The molecule has 0 saturated carbocycles. The maximum absolute atomic E-state index is 5.41. The molecule has 1 aromatic rings. The van der Waals surface area contributed by atoms with Crippen LogP contribution >= 0.6 is 0 Å². The number of aliphatic imine (C=N–C) groups is 1. The van der Waals surface area contributed by atoms with Crippen LogP contribution in [0.2, 0.25) is 0 Å². The smallest absolute Gasteiger partial charge is 0.231 e. The predicted octanol–water partition coefficient (Wildman–Crippen LogP) is 0.803. The maximum Gasteiger partial charge on any atom is 0.231 e. The average Bonchev–Trinajstić information content (AvgIpc) is 3.08. The highest BCUT2D eigenvalue weighted by Gasteiger charge is 2.13. The summed E-state index contributed by atoms with van der Waals surface area (Å²) in [5, 5.41) is 6.67. The van der Waals surface area contributed by atoms with Crippen molar-refractivity contribution >= 4 is 5.96 Å². The number of benzene rings is 1. The Balaban J connectivity index is 1.49. The molecule has 0 unspecified atom stereocenters. The number of nitrogens with zero attached hydrogens (tertiary/aromatic N) is 2. The van der Waals surface area contributed by atoms with Gasteiger partial charge in [-0.05, 0) is 24.6 Å². The van der Waals surface area contributed by atoms with Crippen molar-refractivity contribution in [2.45, 2.75) is 13.5 Å². The Hall–Kier alpha value is -1.99. The fraction of sp³-hybridized carbons (Fsp3) is 0.588. The third-order valence-electron chi connectivity index (χ3n) is 4.03. The van der Waals surface area contributed by atoms with Crippen molar-refractivity contribution in [1.82, 2.24) is 15.5 Å². The lowest BCUT2D eigenvalue weighted by atomic mass is 10.2. The van der Waals surface area contributed by atoms with Crippen molar-refractivity contribution in [3.05, 3.63) is 23.8 Å². The first-order valence-corrected chi connectivity index (χ1v) is 8.56. The molecule has 132 valence electrons. The third kappa shape index (κ3) is 4.75. The van der Waals surface area contributed by atoms with Gasteiger partial charge in [-0.2, -0.15) is 0 Å². The Kier molecular flexibility index (Phi) is 6.14. The molecule has 1 saturated heterocycles. The van der Waals surface area contributed by atoms with Gasteiger partial charge in [-0.15, -0.1) is 0 Å². The van der Waals surface area contributed by atoms with Crippen LogP contribution in [0.4, 0.5) is 0 Å². The molecule has 0 aliphatic carbocycles. The van der Waals surface area contributed by atoms with Gasteiger partial charge in [0.05, 0.1) is 19.8 Å². The first-order chi connectivity index (χ1) is 11.8. The second-order valence-electron chi connectivity index (χ2n) is 5.76. The number of ether oxygens (including phenoxy) is 3. The van der Waals surface area contributed by atoms with Crippen molar-refractivity contribution in [3.63, 3.8) is 0 Å². The van der Waals surface area contributed by atoms with Crippen LogP contribution in [0.5, 0.6) is 11.5 Å². The van der Waals surface area contributed by atoms with Crippen molar-refractivity contribution in [2.24, 2.45) is 4.99 Å². The zero-order valence-electron chi connectivity index (χ0n) is 14.2. The van der Waals surface area contributed by atoms with Crippen LogP contribution in [0.3, 0.4) is 0 Å². The minimum absolute atomic E-state index is 0.299. The van der Waals surface area contributed by atoms with Crippen molar-refractivity contribution in [3.8, 4) is 11.5 Å². The van der Waals surface area contributed by atoms with Crippen LogP contribution in [-0.2, 0) is 11.3 Å². The summed E-state index contributed by atoms with van der Waals surface area (Å²) in [7, 11) is 0. The molecule has 2 aliphatic rings. The molecule has 24 heavy (non-hydrogen) atoms. The van der Waals surface area contributed by atoms with Gasteiger partial charge in [0, 0.05) is 32.7 Å². The lowest BCUT2D eigenvalue weighted by molar-refractivity contribution is 0.0389. The van der Waals surface area contributed by atoms with Crippen LogP contribution in [0.25, 0.3) is 0 Å². The van der Waals surface area contributed by atoms with Gasteiger partial charge in [-0.1, -0.05) is 6.07 Å². The van der Waals surface area contributed by atoms with E-state index in [0.29, 0.717) is 13.3 Å². The Labute approximate surface area is 143 Å². The number of guanidine groups is 1. The van der Waals surface area contributed by atoms with Crippen molar-refractivity contribution in [1.29, 1.82) is 0 Å². The number of rotatable bonds is 6. The molecule has 0 aromatic heterocycles. The highest BCUT2D eigenvalue weighted by Crippen LogP contribution is 2.32. The van der Waals surface area contributed by atoms with E-state index in [-0.39, 0.29) is 0 Å². The molecule has 0 amide bonds. The van der Waals surface area contributed by atoms with Gasteiger partial charge in [0.2, 0.25) is 6.79 Å². The van der Waals surface area contributed by atoms with Gasteiger partial charge >= 0.3 is 0 Å². The molecule has 7 nitrogen and oxygen atoms in total. The fourth-order valence-corrected chi connectivity index (χ4v) is 2.71. The molecule has 2 aliphatic heterocycles. The van der Waals surface area contributed by atoms with Crippen LogP contribution in [0, 0.1) is 0 Å². The third-order valence-corrected chi connectivity index (χ3v) is 4.03. The van der Waals surface area contributed by atoms with E-state index in [0.717, 1.165) is 69.0 Å². The minimum Gasteiger partial charge on any atom is -0.454 e. The molecule has 0 spiro atoms. The highest BCUT2D eigenvalue weighted by atomic mass is 16.7. The van der Waals surface area contributed by atoms with Crippen LogP contribution in [0.1, 0.15) is 12.5 Å². The van der Waals surface area contributed by atoms with Crippen LogP contribution in [0.15, 0.2) is 23.2 Å². The second kappa shape index (κ2) is 8.75. The maximum atomic E-state index is 5.41. The van der Waals surface area contributed by atoms with Crippen LogP contribution < -0.4 is 20.1 Å². The summed E-state index contributed by atoms with van der Waals surface area (Å²) in [4.78, 5) is 7.05. The van der Waals surface area contributed by atoms with E-state index in [1.165, 1.54) is 0 Å². The first-order valence-electron chi connectivity index (χ1n) is 8.56. The van der Waals surface area contributed by atoms with Gasteiger partial charge < -0.3 is 24.8 Å². The van der Waals surface area contributed by atoms with E-state index in [2.05, 4.69) is 27.4 Å². The Morgan fingerprint density at radius 3 is 2.83 bits per heavy atom. The van der Waals surface area contributed by atoms with E-state index in [1.807, 2.05) is 18.2 Å². The number of fused-ring (bicyclic) bond motifs is 1. The molecular weight excluding hydrogens is 308 g/mol. The quantitative estimate of drug-likeness (QED) is 0.593. The van der Waals surface area contributed by atoms with Crippen LogP contribution in [-0.4, -0.2) is 63.6 Å². The number of nitrogens with one attached hydrogen (secondary N) is 2. The SMILES string of the molecule is CCNC(=NCc1ccc2c(c1)OCO2)NCCN1CCOCC1. The summed E-state index contributed by atoms with van der Waals surface area (Å²) in [6.07, 6.45) is 0. The zero-order valence-corrected chi connectivity index (χ0v) is 14.2. The topological polar surface area (TPSA) is 67.4 Å². The van der Waals surface area contributed by atoms with Gasteiger partial charge in [-0.25, -0.2) is 4.99 Å². The molecule has 3 rings (SSSR count). The van der Waals surface area contributed by atoms with Crippen molar-refractivity contribution in [2.75, 3.05) is 52.7 Å². The summed E-state index contributed by atoms with van der Waals surface area (Å²) in [6.45, 7) is 9.35. The Morgan fingerprint density at radius 2 is 2.00 bits per heavy atom. The van der Waals surface area contributed by atoms with E-state index >= 15 is 0 Å². The minimum atomic E-state index is 0.299. The highest BCUT2D eigenvalue weighted by molar-refractivity contribution is 5.79. The van der Waals surface area contributed by atoms with Gasteiger partial charge in [0.25, 0.3) is 0 Å². The molecular formula is C17H26N4O3. The second-order valence-corrected chi connectivity index (χ2v) is 5.76. The lowest BCUT2D eigenvalue weighted by Gasteiger charge is -2.26. The summed E-state index contributed by atoms with van der Waals surface area (Å²) in [5.74, 6) is 2.44. The van der Waals surface area contributed by atoms with E-state index in [9.17, 15) is 0 Å². The van der Waals surface area contributed by atoms with Crippen molar-refractivity contribution < 1.29 is 14.2 Å². The molecule has 2 heterocycles. The Bertz CT molecular complexity index is 559. The van der Waals surface area contributed by atoms with E-state index < -0.39 is 0 Å². The predicted molar refractivity (Wildman–Crippen MR) is 92.6 cm³/mol. The fourth-order valence-electron chi connectivity index (χ4n) is 2.71. The first kappa shape index (κ1) is 16.9. The van der Waals surface area contributed by atoms with E-state index in [1.54, 1.807) is 0 Å². The van der Waals surface area contributed by atoms with Gasteiger partial charge in [0.1, 0.15) is 0 Å². The molecule has 2 N–H and O–H groups in total. The van der Waals surface area contributed by atoms with Gasteiger partial charge in [0.15, 0.2) is 17.5 Å². The summed E-state index contributed by atoms with van der Waals surface area (Å²) >= 11 is 0. The number of hydrogen-bond acceptors (Lipinski definition) is 5. The molecule has 0 atom stereocenters. The molecule has 1 fully saturated rings.